The lowest BCUT2D eigenvalue weighted by Gasteiger charge is -2.48. The summed E-state index contributed by atoms with van der Waals surface area (Å²) < 4.78 is 14.5. The van der Waals surface area contributed by atoms with Crippen LogP contribution in [0, 0.1) is 12.8 Å². The van der Waals surface area contributed by atoms with Crippen molar-refractivity contribution >= 4 is 105 Å². The van der Waals surface area contributed by atoms with Gasteiger partial charge < -0.3 is 34.5 Å². The van der Waals surface area contributed by atoms with E-state index in [0.29, 0.717) is 65.8 Å². The van der Waals surface area contributed by atoms with E-state index in [1.54, 1.807) is 0 Å². The summed E-state index contributed by atoms with van der Waals surface area (Å²) in [5.41, 5.74) is 7.45. The summed E-state index contributed by atoms with van der Waals surface area (Å²) >= 11 is 9.84. The quantitative estimate of drug-likeness (QED) is 0.0442. The van der Waals surface area contributed by atoms with Gasteiger partial charge in [-0.05, 0) is 130 Å². The van der Waals surface area contributed by atoms with Crippen molar-refractivity contribution < 1.29 is 43.3 Å². The van der Waals surface area contributed by atoms with Crippen LogP contribution in [0.4, 0.5) is 17.4 Å². The molecule has 2 aromatic heterocycles. The van der Waals surface area contributed by atoms with Crippen molar-refractivity contribution in [1.29, 1.82) is 0 Å². The highest BCUT2D eigenvalue weighted by Crippen LogP contribution is 2.59. The number of halogens is 1. The highest BCUT2D eigenvalue weighted by Gasteiger charge is 2.62. The Morgan fingerprint density at radius 3 is 2.45 bits per heavy atom. The number of carbonyl (C=O) groups excluding carboxylic acids is 5. The molecule has 4 unspecified atom stereocenters. The lowest BCUT2D eigenvalue weighted by molar-refractivity contribution is -0.127. The number of nitrogens with zero attached hydrogens (tertiary/aromatic N) is 4. The van der Waals surface area contributed by atoms with E-state index in [9.17, 15) is 24.0 Å². The third kappa shape index (κ3) is 11.0. The number of aromatic nitrogens is 1. The van der Waals surface area contributed by atoms with Crippen LogP contribution in [0.1, 0.15) is 98.5 Å². The van der Waals surface area contributed by atoms with E-state index in [4.69, 9.17) is 36.0 Å². The first-order chi connectivity index (χ1) is 35.3. The van der Waals surface area contributed by atoms with Crippen molar-refractivity contribution in [3.05, 3.63) is 99.4 Å². The number of aryl methyl sites for hydroxylation is 1. The number of imide groups is 1. The van der Waals surface area contributed by atoms with Crippen LogP contribution in [0.5, 0.6) is 5.75 Å². The molecular weight excluding hydrogens is 988 g/mol. The Labute approximate surface area is 439 Å². The molecule has 15 nitrogen and oxygen atoms in total. The van der Waals surface area contributed by atoms with Crippen LogP contribution in [0.25, 0.3) is 32.3 Å². The smallest absolute Gasteiger partial charge is 0.298 e. The first kappa shape index (κ1) is 54.9. The Morgan fingerprint density at radius 1 is 1.01 bits per heavy atom. The summed E-state index contributed by atoms with van der Waals surface area (Å²) in [5.74, 6) is 1.23. The Balaban J connectivity index is 0.00000190. The molecule has 0 spiro atoms. The van der Waals surface area contributed by atoms with E-state index in [1.807, 2.05) is 62.2 Å². The van der Waals surface area contributed by atoms with E-state index >= 15 is 0 Å². The van der Waals surface area contributed by atoms with Crippen molar-refractivity contribution in [2.24, 2.45) is 5.92 Å². The third-order valence-corrected chi connectivity index (χ3v) is 17.8. The minimum absolute atomic E-state index is 0.0112. The van der Waals surface area contributed by atoms with Crippen LogP contribution in [-0.2, 0) is 24.9 Å². The second-order valence-corrected chi connectivity index (χ2v) is 21.6. The second kappa shape index (κ2) is 24.0. The molecule has 6 aromatic rings. The third-order valence-electron chi connectivity index (χ3n) is 14.5. The van der Waals surface area contributed by atoms with Gasteiger partial charge in [0.25, 0.3) is 6.01 Å². The summed E-state index contributed by atoms with van der Waals surface area (Å²) in [5, 5.41) is 22.4. The van der Waals surface area contributed by atoms with E-state index in [1.165, 1.54) is 27.4 Å². The number of anilines is 3. The molecule has 2 saturated heterocycles. The highest BCUT2D eigenvalue weighted by molar-refractivity contribution is 7.96. The molecule has 388 valence electrons. The molecule has 18 heteroatoms. The predicted molar refractivity (Wildman–Crippen MR) is 292 cm³/mol. The lowest BCUT2D eigenvalue weighted by Crippen LogP contribution is -2.55. The van der Waals surface area contributed by atoms with Gasteiger partial charge in [-0.25, -0.2) is 4.31 Å². The molecule has 2 aliphatic heterocycles. The van der Waals surface area contributed by atoms with Crippen molar-refractivity contribution in [1.82, 2.24) is 14.6 Å². The molecule has 3 aliphatic rings. The number of rotatable bonds is 19. The van der Waals surface area contributed by atoms with E-state index in [-0.39, 0.29) is 35.4 Å². The predicted octanol–water partition coefficient (Wildman–Crippen LogP) is 9.96. The number of fused-ring (bicyclic) bond motifs is 4. The maximum absolute atomic E-state index is 12.9. The Kier molecular flexibility index (Phi) is 18.1. The molecule has 4 heterocycles. The number of carbonyl (C=O) groups is 5. The number of thiophene rings is 1. The van der Waals surface area contributed by atoms with Gasteiger partial charge in [0.05, 0.1) is 10.6 Å². The molecule has 3 fully saturated rings. The van der Waals surface area contributed by atoms with Crippen molar-refractivity contribution in [2.45, 2.75) is 108 Å². The summed E-state index contributed by atoms with van der Waals surface area (Å²) in [6.07, 6.45) is 7.35. The molecule has 4 aromatic carbocycles. The number of aldehydes is 2. The number of aliphatic hydroxyl groups excluding tert-OH is 2. The molecule has 1 aliphatic carbocycles. The first-order valence-corrected chi connectivity index (χ1v) is 26.6. The van der Waals surface area contributed by atoms with Gasteiger partial charge in [-0.15, -0.1) is 11.3 Å². The minimum Gasteiger partial charge on any atom is -0.483 e. The van der Waals surface area contributed by atoms with Crippen LogP contribution in [0.3, 0.4) is 0 Å². The Bertz CT molecular complexity index is 2930. The number of hydrogen-bond donors (Lipinski definition) is 4. The van der Waals surface area contributed by atoms with Crippen molar-refractivity contribution in [3.63, 3.8) is 0 Å². The molecule has 4 atom stereocenters. The van der Waals surface area contributed by atoms with E-state index in [0.717, 1.165) is 102 Å². The number of hydrogen-bond acceptors (Lipinski definition) is 15. The molecule has 9 rings (SSSR count). The molecule has 0 radical (unpaired) electrons. The van der Waals surface area contributed by atoms with Gasteiger partial charge in [0.1, 0.15) is 28.1 Å². The zero-order valence-corrected chi connectivity index (χ0v) is 44.7. The monoisotopic (exact) mass is 1050 g/mol. The topological polar surface area (TPSA) is 195 Å². The zero-order chi connectivity index (χ0) is 52.6. The molecule has 73 heavy (non-hydrogen) atoms. The van der Waals surface area contributed by atoms with Crippen LogP contribution in [0.2, 0.25) is 5.02 Å². The molecule has 2 bridgehead atoms. The number of benzene rings is 4. The number of ether oxygens (including phenoxy) is 1. The molecule has 1 saturated carbocycles. The SMILES string of the molecule is CCCC(C(=O)NC=O)N(C=O)c1ccc(C2CCN(c3nc4cc(CSN5C6(C)CC(Nc7cccc(-c8sc(C=O)c(OCC=O)c8Cl)c7)C(C6)C5(C)C)ccc4o3)CC2)c2cccc(C)c12.CO.CO. The number of piperidine rings is 2. The van der Waals surface area contributed by atoms with Crippen LogP contribution < -0.4 is 25.2 Å². The fourth-order valence-electron chi connectivity index (χ4n) is 11.4. The van der Waals surface area contributed by atoms with E-state index in [2.05, 4.69) is 77.0 Å². The zero-order valence-electron chi connectivity index (χ0n) is 42.4. The van der Waals surface area contributed by atoms with Gasteiger partial charge >= 0.3 is 0 Å². The maximum atomic E-state index is 12.9. The van der Waals surface area contributed by atoms with Gasteiger partial charge in [-0.2, -0.15) is 4.98 Å². The number of amides is 3. The standard InChI is InChI=1S/C53H57ClN6O7S2.2CH4O/c1-6-9-43(50(65)55-30-63)59(31-64)42-16-15-37(38-13-7-10-32(2)46(38)42)34-18-20-58(21-19-34)51-57-40-24-33(14-17-44(40)67-51)29-68-60-52(3,4)39-26-53(60,5)27-41(39)56-36-12-8-11-35(25-36)49-47(54)48(66-23-22-61)45(28-62)69-49;2*1-2/h7-8,10-17,22,24-25,28,30-31,34,39,41,43,56H,6,9,18-21,23,26-27,29H2,1-5H3,(H,55,63,65);2*2H,1H3. The molecular formula is C55H65ClN6O9S2. The summed E-state index contributed by atoms with van der Waals surface area (Å²) in [6, 6.07) is 24.7. The van der Waals surface area contributed by atoms with Crippen molar-refractivity contribution in [3.8, 4) is 16.2 Å². The average Bonchev–Trinajstić information content (AvgIpc) is 4.13. The summed E-state index contributed by atoms with van der Waals surface area (Å²) in [4.78, 5) is 69.3. The van der Waals surface area contributed by atoms with Gasteiger partial charge in [0.2, 0.25) is 18.7 Å². The Morgan fingerprint density at radius 2 is 1.77 bits per heavy atom. The van der Waals surface area contributed by atoms with Crippen LogP contribution in [0.15, 0.2) is 77.2 Å². The van der Waals surface area contributed by atoms with Crippen LogP contribution >= 0.6 is 34.9 Å². The average molecular weight is 1050 g/mol. The largest absolute Gasteiger partial charge is 0.483 e. The van der Waals surface area contributed by atoms with Gasteiger partial charge in [0, 0.05) is 61.3 Å². The Hall–Kier alpha value is -5.82. The number of aliphatic hydroxyl groups is 2. The van der Waals surface area contributed by atoms with Crippen molar-refractivity contribution in [2.75, 3.05) is 49.0 Å². The minimum atomic E-state index is -0.806. The molecule has 4 N–H and O–H groups in total. The van der Waals surface area contributed by atoms with Crippen LogP contribution in [-0.4, -0.2) is 108 Å². The van der Waals surface area contributed by atoms with Gasteiger partial charge in [0.15, 0.2) is 23.9 Å². The summed E-state index contributed by atoms with van der Waals surface area (Å²) in [6.45, 7) is 12.4. The normalized spacial score (nSPS) is 19.6. The fourth-order valence-corrected chi connectivity index (χ4v) is 14.2. The molecule has 3 amide bonds. The number of oxazole rings is 1. The second-order valence-electron chi connectivity index (χ2n) is 19.3. The maximum Gasteiger partial charge on any atom is 0.298 e. The highest BCUT2D eigenvalue weighted by atomic mass is 35.5. The lowest BCUT2D eigenvalue weighted by atomic mass is 9.84. The van der Waals surface area contributed by atoms with Gasteiger partial charge in [-0.3, -0.25) is 29.3 Å². The first-order valence-electron chi connectivity index (χ1n) is 24.5. The summed E-state index contributed by atoms with van der Waals surface area (Å²) in [7, 11) is 2.00. The van der Waals surface area contributed by atoms with Gasteiger partial charge in [-0.1, -0.05) is 79.4 Å². The van der Waals surface area contributed by atoms with E-state index < -0.39 is 11.9 Å². The fraction of sp³-hybridized carbons (Fsp3) is 0.418. The number of nitrogens with one attached hydrogen (secondary N) is 2.